The van der Waals surface area contributed by atoms with E-state index in [1.165, 1.54) is 11.8 Å². The minimum Gasteiger partial charge on any atom is -0.294 e. The van der Waals surface area contributed by atoms with E-state index < -0.39 is 0 Å². The first-order valence-electron chi connectivity index (χ1n) is 5.27. The van der Waals surface area contributed by atoms with E-state index in [1.54, 1.807) is 0 Å². The lowest BCUT2D eigenvalue weighted by Crippen LogP contribution is -2.44. The van der Waals surface area contributed by atoms with Crippen molar-refractivity contribution in [3.05, 3.63) is 35.9 Å². The van der Waals surface area contributed by atoms with Crippen LogP contribution in [0.2, 0.25) is 0 Å². The molecule has 0 unspecified atom stereocenters. The lowest BCUT2D eigenvalue weighted by atomic mass is 10.1. The third kappa shape index (κ3) is 2.11. The molecule has 1 aliphatic heterocycles. The second kappa shape index (κ2) is 4.70. The quantitative estimate of drug-likeness (QED) is 0.796. The molecule has 2 rings (SSSR count). The van der Waals surface area contributed by atoms with Gasteiger partial charge in [0.2, 0.25) is 11.8 Å². The fraction of sp³-hybridized carbons (Fsp3) is 0.333. The maximum absolute atomic E-state index is 11.7. The molecular formula is C12H13NO2S. The van der Waals surface area contributed by atoms with Gasteiger partial charge in [0.25, 0.3) is 0 Å². The molecular weight excluding hydrogens is 222 g/mol. The van der Waals surface area contributed by atoms with Gasteiger partial charge in [-0.15, -0.1) is 11.8 Å². The second-order valence-corrected chi connectivity index (χ2v) is 4.99. The molecule has 0 radical (unpaired) electrons. The molecule has 0 aliphatic carbocycles. The van der Waals surface area contributed by atoms with Crippen LogP contribution in [-0.2, 0) is 9.59 Å². The highest BCUT2D eigenvalue weighted by molar-refractivity contribution is 8.01. The Morgan fingerprint density at radius 1 is 1.19 bits per heavy atom. The van der Waals surface area contributed by atoms with E-state index in [1.807, 2.05) is 37.3 Å². The van der Waals surface area contributed by atoms with Crippen LogP contribution in [0.4, 0.5) is 0 Å². The van der Waals surface area contributed by atoms with E-state index in [0.29, 0.717) is 0 Å². The van der Waals surface area contributed by atoms with Crippen molar-refractivity contribution in [3.63, 3.8) is 0 Å². The lowest BCUT2D eigenvalue weighted by Gasteiger charge is -2.26. The Bertz CT molecular complexity index is 405. The van der Waals surface area contributed by atoms with Crippen molar-refractivity contribution in [2.75, 3.05) is 0 Å². The maximum Gasteiger partial charge on any atom is 0.244 e. The summed E-state index contributed by atoms with van der Waals surface area (Å²) < 4.78 is 0. The molecule has 0 spiro atoms. The summed E-state index contributed by atoms with van der Waals surface area (Å²) in [6.45, 7) is 1.95. The average molecular weight is 235 g/mol. The van der Waals surface area contributed by atoms with Gasteiger partial charge >= 0.3 is 0 Å². The van der Waals surface area contributed by atoms with Gasteiger partial charge in [-0.3, -0.25) is 14.9 Å². The molecule has 1 saturated heterocycles. The Balaban J connectivity index is 2.22. The molecule has 3 nitrogen and oxygen atoms in total. The van der Waals surface area contributed by atoms with E-state index in [9.17, 15) is 9.59 Å². The van der Waals surface area contributed by atoms with E-state index in [4.69, 9.17) is 0 Å². The molecule has 1 heterocycles. The summed E-state index contributed by atoms with van der Waals surface area (Å²) in [5, 5.41) is 2.05. The van der Waals surface area contributed by atoms with Crippen molar-refractivity contribution in [1.82, 2.24) is 5.32 Å². The van der Waals surface area contributed by atoms with Crippen LogP contribution in [0, 0.1) is 0 Å². The monoisotopic (exact) mass is 235 g/mol. The molecule has 0 bridgehead atoms. The molecule has 0 aromatic heterocycles. The van der Waals surface area contributed by atoms with Gasteiger partial charge in [0, 0.05) is 0 Å². The van der Waals surface area contributed by atoms with E-state index in [0.717, 1.165) is 12.0 Å². The van der Waals surface area contributed by atoms with Gasteiger partial charge in [-0.25, -0.2) is 0 Å². The fourth-order valence-corrected chi connectivity index (χ4v) is 2.90. The van der Waals surface area contributed by atoms with E-state index >= 15 is 0 Å². The predicted molar refractivity (Wildman–Crippen MR) is 64.0 cm³/mol. The SMILES string of the molecule is CC[C@@H]1S[C@@H](c2ccccc2)C(=O)NC1=O. The number of rotatable bonds is 2. The van der Waals surface area contributed by atoms with Crippen LogP contribution in [-0.4, -0.2) is 17.1 Å². The molecule has 1 fully saturated rings. The molecule has 1 aromatic carbocycles. The number of nitrogens with one attached hydrogen (secondary N) is 1. The van der Waals surface area contributed by atoms with Crippen molar-refractivity contribution < 1.29 is 9.59 Å². The Morgan fingerprint density at radius 2 is 1.88 bits per heavy atom. The number of imide groups is 1. The summed E-state index contributed by atoms with van der Waals surface area (Å²) in [6.07, 6.45) is 0.743. The van der Waals surface area contributed by atoms with E-state index in [2.05, 4.69) is 5.32 Å². The molecule has 2 atom stereocenters. The summed E-state index contributed by atoms with van der Waals surface area (Å²) in [5.74, 6) is -0.365. The first-order chi connectivity index (χ1) is 7.72. The Labute approximate surface area is 98.6 Å². The molecule has 0 saturated carbocycles. The summed E-state index contributed by atoms with van der Waals surface area (Å²) in [6, 6.07) is 9.55. The summed E-state index contributed by atoms with van der Waals surface area (Å²) in [7, 11) is 0. The van der Waals surface area contributed by atoms with E-state index in [-0.39, 0.29) is 22.3 Å². The van der Waals surface area contributed by atoms with Crippen LogP contribution in [0.15, 0.2) is 30.3 Å². The van der Waals surface area contributed by atoms with Gasteiger partial charge in [0.15, 0.2) is 0 Å². The van der Waals surface area contributed by atoms with Gasteiger partial charge in [-0.05, 0) is 12.0 Å². The zero-order chi connectivity index (χ0) is 11.5. The highest BCUT2D eigenvalue weighted by Gasteiger charge is 2.34. The van der Waals surface area contributed by atoms with Crippen molar-refractivity contribution >= 4 is 23.6 Å². The molecule has 84 valence electrons. The molecule has 4 heteroatoms. The highest BCUT2D eigenvalue weighted by Crippen LogP contribution is 2.36. The second-order valence-electron chi connectivity index (χ2n) is 3.68. The molecule has 16 heavy (non-hydrogen) atoms. The molecule has 1 aromatic rings. The number of hydrogen-bond donors (Lipinski definition) is 1. The number of carbonyl (C=O) groups is 2. The van der Waals surface area contributed by atoms with Crippen molar-refractivity contribution in [3.8, 4) is 0 Å². The minimum absolute atomic E-state index is 0.122. The highest BCUT2D eigenvalue weighted by atomic mass is 32.2. The van der Waals surface area contributed by atoms with Crippen molar-refractivity contribution in [2.45, 2.75) is 23.8 Å². The zero-order valence-corrected chi connectivity index (χ0v) is 9.79. The Morgan fingerprint density at radius 3 is 2.50 bits per heavy atom. The summed E-state index contributed by atoms with van der Waals surface area (Å²) >= 11 is 1.44. The van der Waals surface area contributed by atoms with Gasteiger partial charge in [-0.2, -0.15) is 0 Å². The fourth-order valence-electron chi connectivity index (χ4n) is 1.69. The zero-order valence-electron chi connectivity index (χ0n) is 8.97. The standard InChI is InChI=1S/C12H13NO2S/c1-2-9-11(14)13-12(15)10(16-9)8-6-4-3-5-7-8/h3-7,9-10H,2H2,1H3,(H,13,14,15)/t9-,10-/m0/s1. The van der Waals surface area contributed by atoms with Crippen LogP contribution in [0.5, 0.6) is 0 Å². The largest absolute Gasteiger partial charge is 0.294 e. The van der Waals surface area contributed by atoms with Crippen molar-refractivity contribution in [2.24, 2.45) is 0 Å². The summed E-state index contributed by atoms with van der Waals surface area (Å²) in [5.41, 5.74) is 0.955. The number of hydrogen-bond acceptors (Lipinski definition) is 3. The number of amides is 2. The van der Waals surface area contributed by atoms with Crippen LogP contribution in [0.3, 0.4) is 0 Å². The maximum atomic E-state index is 11.7. The van der Waals surface area contributed by atoms with Crippen LogP contribution >= 0.6 is 11.8 Å². The van der Waals surface area contributed by atoms with Crippen LogP contribution in [0.1, 0.15) is 24.2 Å². The van der Waals surface area contributed by atoms with Crippen LogP contribution < -0.4 is 5.32 Å². The summed E-state index contributed by atoms with van der Waals surface area (Å²) in [4.78, 5) is 23.2. The third-order valence-electron chi connectivity index (χ3n) is 2.55. The minimum atomic E-state index is -0.260. The number of benzene rings is 1. The Kier molecular flexibility index (Phi) is 3.29. The molecule has 1 aliphatic rings. The molecule has 1 N–H and O–H groups in total. The topological polar surface area (TPSA) is 46.2 Å². The smallest absolute Gasteiger partial charge is 0.244 e. The van der Waals surface area contributed by atoms with Gasteiger partial charge in [0.1, 0.15) is 5.25 Å². The Hall–Kier alpha value is -1.29. The predicted octanol–water partition coefficient (Wildman–Crippen LogP) is 1.90. The van der Waals surface area contributed by atoms with Crippen molar-refractivity contribution in [1.29, 1.82) is 0 Å². The third-order valence-corrected chi connectivity index (χ3v) is 4.18. The van der Waals surface area contributed by atoms with Gasteiger partial charge in [0.05, 0.1) is 5.25 Å². The average Bonchev–Trinajstić information content (AvgIpc) is 2.30. The van der Waals surface area contributed by atoms with Gasteiger partial charge in [-0.1, -0.05) is 37.3 Å². The normalized spacial score (nSPS) is 25.3. The van der Waals surface area contributed by atoms with Gasteiger partial charge < -0.3 is 0 Å². The lowest BCUT2D eigenvalue weighted by molar-refractivity contribution is -0.130. The first kappa shape index (κ1) is 11.2. The van der Waals surface area contributed by atoms with Crippen LogP contribution in [0.25, 0.3) is 0 Å². The number of carbonyl (C=O) groups excluding carboxylic acids is 2. The molecule has 2 amide bonds. The first-order valence-corrected chi connectivity index (χ1v) is 6.21. The number of thioether (sulfide) groups is 1.